The fourth-order valence-corrected chi connectivity index (χ4v) is 1.48. The maximum Gasteiger partial charge on any atom is 0.298 e. The summed E-state index contributed by atoms with van der Waals surface area (Å²) in [5.74, 6) is 0. The number of pyridine rings is 1. The van der Waals surface area contributed by atoms with Crippen LogP contribution in [0, 0.1) is 13.8 Å². The molecule has 0 spiro atoms. The first kappa shape index (κ1) is 11.5. The van der Waals surface area contributed by atoms with Gasteiger partial charge in [0, 0.05) is 0 Å². The van der Waals surface area contributed by atoms with Crippen molar-refractivity contribution in [3.8, 4) is 0 Å². The van der Waals surface area contributed by atoms with Gasteiger partial charge in [0.05, 0.1) is 9.95 Å². The molecule has 76 valence electrons. The Hall–Kier alpha value is -0.570. The summed E-state index contributed by atoms with van der Waals surface area (Å²) >= 11 is 7.11. The van der Waals surface area contributed by atoms with Crippen molar-refractivity contribution >= 4 is 39.9 Å². The Morgan fingerprint density at radius 3 is 2.64 bits per heavy atom. The van der Waals surface area contributed by atoms with Gasteiger partial charge < -0.3 is 0 Å². The van der Waals surface area contributed by atoms with E-state index >= 15 is 0 Å². The molecule has 4 nitrogen and oxygen atoms in total. The zero-order valence-electron chi connectivity index (χ0n) is 6.38. The molecule has 0 unspecified atom stereocenters. The summed E-state index contributed by atoms with van der Waals surface area (Å²) in [6, 6.07) is 0. The molecule has 0 atom stereocenters. The SMILES string of the molecule is O=[N+]([O-])c1cnc(I)c(Cl)c1C(F)F. The molecule has 14 heavy (non-hydrogen) atoms. The van der Waals surface area contributed by atoms with Gasteiger partial charge in [-0.1, -0.05) is 11.6 Å². The lowest BCUT2D eigenvalue weighted by Crippen LogP contribution is -2.00. The highest BCUT2D eigenvalue weighted by Crippen LogP contribution is 2.36. The molecule has 0 aromatic carbocycles. The van der Waals surface area contributed by atoms with Gasteiger partial charge in [-0.3, -0.25) is 10.1 Å². The van der Waals surface area contributed by atoms with Crippen molar-refractivity contribution in [1.82, 2.24) is 4.98 Å². The van der Waals surface area contributed by atoms with Gasteiger partial charge in [0.1, 0.15) is 15.5 Å². The van der Waals surface area contributed by atoms with Crippen LogP contribution < -0.4 is 0 Å². The second kappa shape index (κ2) is 4.30. The highest BCUT2D eigenvalue weighted by molar-refractivity contribution is 14.1. The topological polar surface area (TPSA) is 56.0 Å². The van der Waals surface area contributed by atoms with Crippen molar-refractivity contribution in [2.45, 2.75) is 6.43 Å². The minimum atomic E-state index is -2.99. The fraction of sp³-hybridized carbons (Fsp3) is 0.167. The normalized spacial score (nSPS) is 10.6. The van der Waals surface area contributed by atoms with Crippen LogP contribution in [0.4, 0.5) is 14.5 Å². The van der Waals surface area contributed by atoms with Crippen LogP contribution in [-0.4, -0.2) is 9.91 Å². The number of nitrogens with zero attached hydrogens (tertiary/aromatic N) is 2. The van der Waals surface area contributed by atoms with Crippen molar-refractivity contribution in [3.05, 3.63) is 30.6 Å². The summed E-state index contributed by atoms with van der Waals surface area (Å²) in [7, 11) is 0. The van der Waals surface area contributed by atoms with E-state index in [1.54, 1.807) is 22.6 Å². The average molecular weight is 334 g/mol. The molecule has 1 heterocycles. The zero-order valence-corrected chi connectivity index (χ0v) is 9.29. The van der Waals surface area contributed by atoms with Crippen molar-refractivity contribution in [3.63, 3.8) is 0 Å². The van der Waals surface area contributed by atoms with Crippen molar-refractivity contribution in [1.29, 1.82) is 0 Å². The Morgan fingerprint density at radius 1 is 1.64 bits per heavy atom. The Morgan fingerprint density at radius 2 is 2.21 bits per heavy atom. The van der Waals surface area contributed by atoms with Gasteiger partial charge in [0.2, 0.25) is 0 Å². The van der Waals surface area contributed by atoms with E-state index in [1.807, 2.05) is 0 Å². The molecule has 0 N–H and O–H groups in total. The molecule has 0 saturated heterocycles. The maximum absolute atomic E-state index is 12.4. The Kier molecular flexibility index (Phi) is 3.53. The van der Waals surface area contributed by atoms with Crippen LogP contribution in [0.15, 0.2) is 6.20 Å². The number of halogens is 4. The molecule has 0 aliphatic heterocycles. The van der Waals surface area contributed by atoms with Crippen LogP contribution in [0.3, 0.4) is 0 Å². The summed E-state index contributed by atoms with van der Waals surface area (Å²) in [4.78, 5) is 12.9. The molecule has 1 aromatic rings. The molecule has 0 saturated carbocycles. The molecule has 0 bridgehead atoms. The molecular formula is C6H2ClF2IN2O2. The molecule has 1 aromatic heterocycles. The molecule has 0 radical (unpaired) electrons. The summed E-state index contributed by atoms with van der Waals surface area (Å²) in [6.45, 7) is 0. The van der Waals surface area contributed by atoms with Crippen LogP contribution in [0.5, 0.6) is 0 Å². The number of hydrogen-bond acceptors (Lipinski definition) is 3. The minimum absolute atomic E-state index is 0.116. The summed E-state index contributed by atoms with van der Waals surface area (Å²) in [6.07, 6.45) is -2.21. The number of nitro groups is 1. The smallest absolute Gasteiger partial charge is 0.258 e. The van der Waals surface area contributed by atoms with E-state index in [0.29, 0.717) is 0 Å². The highest BCUT2D eigenvalue weighted by atomic mass is 127. The molecular weight excluding hydrogens is 332 g/mol. The van der Waals surface area contributed by atoms with Crippen LogP contribution in [-0.2, 0) is 0 Å². The van der Waals surface area contributed by atoms with Crippen LogP contribution in [0.2, 0.25) is 5.02 Å². The van der Waals surface area contributed by atoms with E-state index in [1.165, 1.54) is 0 Å². The van der Waals surface area contributed by atoms with Crippen LogP contribution >= 0.6 is 34.2 Å². The van der Waals surface area contributed by atoms with E-state index in [9.17, 15) is 18.9 Å². The lowest BCUT2D eigenvalue weighted by molar-refractivity contribution is -0.386. The third kappa shape index (κ3) is 2.08. The summed E-state index contributed by atoms with van der Waals surface area (Å²) < 4.78 is 24.9. The molecule has 0 amide bonds. The van der Waals surface area contributed by atoms with E-state index < -0.39 is 22.6 Å². The molecule has 1 rings (SSSR count). The lowest BCUT2D eigenvalue weighted by atomic mass is 10.2. The molecule has 0 aliphatic carbocycles. The zero-order chi connectivity index (χ0) is 10.9. The van der Waals surface area contributed by atoms with Gasteiger partial charge in [-0.2, -0.15) is 0 Å². The van der Waals surface area contributed by atoms with Crippen molar-refractivity contribution < 1.29 is 13.7 Å². The quantitative estimate of drug-likeness (QED) is 0.361. The number of alkyl halides is 2. The number of hydrogen-bond donors (Lipinski definition) is 0. The molecule has 0 fully saturated rings. The third-order valence-electron chi connectivity index (χ3n) is 1.41. The molecule has 0 aliphatic rings. The highest BCUT2D eigenvalue weighted by Gasteiger charge is 2.27. The fourth-order valence-electron chi connectivity index (χ4n) is 0.821. The van der Waals surface area contributed by atoms with Gasteiger partial charge in [0.15, 0.2) is 0 Å². The summed E-state index contributed by atoms with van der Waals surface area (Å²) in [5.41, 5.74) is -1.54. The van der Waals surface area contributed by atoms with Gasteiger partial charge in [-0.25, -0.2) is 13.8 Å². The first-order valence-electron chi connectivity index (χ1n) is 3.21. The van der Waals surface area contributed by atoms with Gasteiger partial charge >= 0.3 is 0 Å². The third-order valence-corrected chi connectivity index (χ3v) is 2.93. The first-order valence-corrected chi connectivity index (χ1v) is 4.67. The van der Waals surface area contributed by atoms with Gasteiger partial charge in [0.25, 0.3) is 12.1 Å². The van der Waals surface area contributed by atoms with E-state index in [0.717, 1.165) is 6.20 Å². The van der Waals surface area contributed by atoms with Crippen molar-refractivity contribution in [2.24, 2.45) is 0 Å². The standard InChI is InChI=1S/C6H2ClF2IN2O2/c7-4-3(5(8)9)2(12(13)14)1-11-6(4)10/h1,5H. The van der Waals surface area contributed by atoms with E-state index in [-0.39, 0.29) is 8.72 Å². The van der Waals surface area contributed by atoms with Crippen LogP contribution in [0.25, 0.3) is 0 Å². The first-order chi connectivity index (χ1) is 6.45. The molecule has 8 heteroatoms. The predicted octanol–water partition coefficient (Wildman–Crippen LogP) is 3.19. The maximum atomic E-state index is 12.4. The minimum Gasteiger partial charge on any atom is -0.258 e. The largest absolute Gasteiger partial charge is 0.298 e. The Balaban J connectivity index is 3.45. The van der Waals surface area contributed by atoms with E-state index in [2.05, 4.69) is 4.98 Å². The van der Waals surface area contributed by atoms with E-state index in [4.69, 9.17) is 11.6 Å². The Bertz CT molecular complexity index is 388. The lowest BCUT2D eigenvalue weighted by Gasteiger charge is -2.04. The second-order valence-corrected chi connectivity index (χ2v) is 3.62. The summed E-state index contributed by atoms with van der Waals surface area (Å²) in [5, 5.41) is 9.99. The van der Waals surface area contributed by atoms with Gasteiger partial charge in [-0.05, 0) is 22.6 Å². The number of rotatable bonds is 2. The van der Waals surface area contributed by atoms with Crippen molar-refractivity contribution in [2.75, 3.05) is 0 Å². The predicted molar refractivity (Wildman–Crippen MR) is 53.6 cm³/mol. The number of aromatic nitrogens is 1. The Labute approximate surface area is 95.6 Å². The monoisotopic (exact) mass is 334 g/mol. The van der Waals surface area contributed by atoms with Gasteiger partial charge in [-0.15, -0.1) is 0 Å². The van der Waals surface area contributed by atoms with Crippen LogP contribution in [0.1, 0.15) is 12.0 Å². The average Bonchev–Trinajstić information content (AvgIpc) is 2.08. The second-order valence-electron chi connectivity index (χ2n) is 2.22.